The zero-order valence-electron chi connectivity index (χ0n) is 11.1. The number of aromatic amines is 1. The van der Waals surface area contributed by atoms with Gasteiger partial charge in [-0.25, -0.2) is 9.61 Å². The van der Waals surface area contributed by atoms with Gasteiger partial charge >= 0.3 is 0 Å². The summed E-state index contributed by atoms with van der Waals surface area (Å²) in [5, 5.41) is 7.94. The molecule has 0 atom stereocenters. The van der Waals surface area contributed by atoms with Crippen LogP contribution in [0.2, 0.25) is 5.02 Å². The number of hydrogen-bond donors (Lipinski definition) is 2. The number of fused-ring (bicyclic) bond motifs is 1. The number of hydrogen-bond acceptors (Lipinski definition) is 6. The van der Waals surface area contributed by atoms with Gasteiger partial charge in [-0.15, -0.1) is 0 Å². The van der Waals surface area contributed by atoms with Crippen LogP contribution < -0.4 is 5.73 Å². The van der Waals surface area contributed by atoms with Crippen LogP contribution in [0.5, 0.6) is 0 Å². The molecule has 7 nitrogen and oxygen atoms in total. The zero-order valence-corrected chi connectivity index (χ0v) is 11.9. The molecule has 0 aliphatic carbocycles. The summed E-state index contributed by atoms with van der Waals surface area (Å²) in [6.45, 7) is 0. The molecule has 22 heavy (non-hydrogen) atoms. The summed E-state index contributed by atoms with van der Waals surface area (Å²) in [5.74, 6) is 0.654. The fourth-order valence-electron chi connectivity index (χ4n) is 2.25. The van der Waals surface area contributed by atoms with Gasteiger partial charge in [-0.1, -0.05) is 23.7 Å². The molecule has 4 rings (SSSR count). The molecule has 0 fully saturated rings. The Hall–Kier alpha value is -2.93. The predicted molar refractivity (Wildman–Crippen MR) is 82.0 cm³/mol. The highest BCUT2D eigenvalue weighted by Crippen LogP contribution is 2.29. The minimum atomic E-state index is 0.177. The van der Waals surface area contributed by atoms with Crippen LogP contribution >= 0.6 is 11.6 Å². The molecular formula is C14H9ClN6O. The number of anilines is 1. The summed E-state index contributed by atoms with van der Waals surface area (Å²) < 4.78 is 4.61. The molecule has 3 N–H and O–H groups in total. The Morgan fingerprint density at radius 3 is 2.82 bits per heavy atom. The Kier molecular flexibility index (Phi) is 2.80. The van der Waals surface area contributed by atoms with Gasteiger partial charge in [-0.05, 0) is 28.5 Å². The number of nitrogens with two attached hydrogens (primary N) is 1. The third-order valence-electron chi connectivity index (χ3n) is 3.24. The van der Waals surface area contributed by atoms with Crippen molar-refractivity contribution < 1.29 is 4.63 Å². The van der Waals surface area contributed by atoms with Crippen molar-refractivity contribution in [2.75, 3.05) is 5.73 Å². The second-order valence-electron chi connectivity index (χ2n) is 4.65. The standard InChI is InChI=1S/C14H9ClN6O/c15-8-3-1-2-7(6-8)10-11-9(4-5-17-10)18-14(19-11)12-13(16)21-22-20-12/h1-6H,(H2,16,21)(H,18,19). The van der Waals surface area contributed by atoms with E-state index >= 15 is 0 Å². The average Bonchev–Trinajstić information content (AvgIpc) is 3.12. The summed E-state index contributed by atoms with van der Waals surface area (Å²) in [5.41, 5.74) is 9.17. The van der Waals surface area contributed by atoms with Crippen molar-refractivity contribution >= 4 is 28.5 Å². The van der Waals surface area contributed by atoms with Crippen molar-refractivity contribution in [2.45, 2.75) is 0 Å². The van der Waals surface area contributed by atoms with E-state index in [1.807, 2.05) is 30.3 Å². The first-order valence-electron chi connectivity index (χ1n) is 6.41. The summed E-state index contributed by atoms with van der Waals surface area (Å²) in [6.07, 6.45) is 1.70. The van der Waals surface area contributed by atoms with Crippen LogP contribution in [0.15, 0.2) is 41.2 Å². The summed E-state index contributed by atoms with van der Waals surface area (Å²) >= 11 is 6.05. The van der Waals surface area contributed by atoms with E-state index in [1.54, 1.807) is 6.20 Å². The Bertz CT molecular complexity index is 976. The van der Waals surface area contributed by atoms with E-state index in [4.69, 9.17) is 17.3 Å². The molecule has 8 heteroatoms. The SMILES string of the molecule is Nc1nonc1-c1nc2c(-c3cccc(Cl)c3)nccc2[nH]1. The molecule has 3 aromatic heterocycles. The molecule has 0 bridgehead atoms. The fourth-order valence-corrected chi connectivity index (χ4v) is 2.44. The number of rotatable bonds is 2. The van der Waals surface area contributed by atoms with Gasteiger partial charge < -0.3 is 10.7 Å². The van der Waals surface area contributed by atoms with Crippen LogP contribution in [-0.2, 0) is 0 Å². The van der Waals surface area contributed by atoms with Crippen molar-refractivity contribution in [3.63, 3.8) is 0 Å². The lowest BCUT2D eigenvalue weighted by Crippen LogP contribution is -1.89. The number of aromatic nitrogens is 5. The van der Waals surface area contributed by atoms with Gasteiger partial charge in [0.25, 0.3) is 0 Å². The molecule has 0 saturated carbocycles. The molecular weight excluding hydrogens is 304 g/mol. The Morgan fingerprint density at radius 2 is 2.05 bits per heavy atom. The molecule has 0 amide bonds. The van der Waals surface area contributed by atoms with E-state index in [2.05, 4.69) is 29.9 Å². The second-order valence-corrected chi connectivity index (χ2v) is 5.09. The molecule has 0 spiro atoms. The first-order valence-corrected chi connectivity index (χ1v) is 6.79. The number of benzene rings is 1. The molecule has 0 saturated heterocycles. The Labute approximate surface area is 129 Å². The third-order valence-corrected chi connectivity index (χ3v) is 3.47. The number of pyridine rings is 1. The van der Waals surface area contributed by atoms with E-state index in [0.717, 1.165) is 16.8 Å². The first kappa shape index (κ1) is 12.8. The Morgan fingerprint density at radius 1 is 1.14 bits per heavy atom. The highest BCUT2D eigenvalue weighted by atomic mass is 35.5. The van der Waals surface area contributed by atoms with Gasteiger partial charge in [0.05, 0.1) is 11.2 Å². The summed E-state index contributed by atoms with van der Waals surface area (Å²) in [7, 11) is 0. The van der Waals surface area contributed by atoms with E-state index in [-0.39, 0.29) is 5.82 Å². The van der Waals surface area contributed by atoms with Crippen molar-refractivity contribution in [3.05, 3.63) is 41.6 Å². The number of H-pyrrole nitrogens is 1. The molecule has 0 aliphatic rings. The van der Waals surface area contributed by atoms with Crippen LogP contribution in [0.1, 0.15) is 0 Å². The van der Waals surface area contributed by atoms with Gasteiger partial charge in [-0.2, -0.15) is 0 Å². The van der Waals surface area contributed by atoms with Crippen molar-refractivity contribution in [1.29, 1.82) is 0 Å². The van der Waals surface area contributed by atoms with E-state index < -0.39 is 0 Å². The topological polar surface area (TPSA) is 107 Å². The normalized spacial score (nSPS) is 11.1. The van der Waals surface area contributed by atoms with Gasteiger partial charge in [0.15, 0.2) is 17.3 Å². The third kappa shape index (κ3) is 1.99. The minimum absolute atomic E-state index is 0.177. The monoisotopic (exact) mass is 312 g/mol. The van der Waals surface area contributed by atoms with Gasteiger partial charge in [-0.3, -0.25) is 4.98 Å². The minimum Gasteiger partial charge on any atom is -0.379 e. The van der Waals surface area contributed by atoms with Crippen LogP contribution in [0, 0.1) is 0 Å². The highest BCUT2D eigenvalue weighted by molar-refractivity contribution is 6.30. The second kappa shape index (κ2) is 4.81. The Balaban J connectivity index is 1.94. The van der Waals surface area contributed by atoms with Gasteiger partial charge in [0.2, 0.25) is 0 Å². The first-order chi connectivity index (χ1) is 10.7. The quantitative estimate of drug-likeness (QED) is 0.589. The fraction of sp³-hybridized carbons (Fsp3) is 0. The van der Waals surface area contributed by atoms with Gasteiger partial charge in [0, 0.05) is 16.8 Å². The number of nitrogen functional groups attached to an aromatic ring is 1. The molecule has 0 aliphatic heterocycles. The largest absolute Gasteiger partial charge is 0.379 e. The maximum absolute atomic E-state index is 6.05. The van der Waals surface area contributed by atoms with E-state index in [9.17, 15) is 0 Å². The molecule has 0 unspecified atom stereocenters. The zero-order chi connectivity index (χ0) is 15.1. The maximum Gasteiger partial charge on any atom is 0.199 e. The number of halogens is 1. The summed E-state index contributed by atoms with van der Waals surface area (Å²) in [6, 6.07) is 9.26. The van der Waals surface area contributed by atoms with Crippen LogP contribution in [0.25, 0.3) is 33.8 Å². The van der Waals surface area contributed by atoms with Gasteiger partial charge in [0.1, 0.15) is 5.52 Å². The number of nitrogens with one attached hydrogen (secondary N) is 1. The molecule has 0 radical (unpaired) electrons. The number of imidazole rings is 1. The van der Waals surface area contributed by atoms with Crippen LogP contribution in [0.3, 0.4) is 0 Å². The molecule has 4 aromatic rings. The lowest BCUT2D eigenvalue weighted by molar-refractivity contribution is 0.310. The average molecular weight is 313 g/mol. The van der Waals surface area contributed by atoms with E-state index in [1.165, 1.54) is 0 Å². The van der Waals surface area contributed by atoms with E-state index in [0.29, 0.717) is 22.1 Å². The van der Waals surface area contributed by atoms with Crippen molar-refractivity contribution in [3.8, 4) is 22.8 Å². The lowest BCUT2D eigenvalue weighted by atomic mass is 10.1. The molecule has 108 valence electrons. The molecule has 3 heterocycles. The van der Waals surface area contributed by atoms with Crippen LogP contribution in [0.4, 0.5) is 5.82 Å². The smallest absolute Gasteiger partial charge is 0.199 e. The highest BCUT2D eigenvalue weighted by Gasteiger charge is 2.16. The molecule has 1 aromatic carbocycles. The summed E-state index contributed by atoms with van der Waals surface area (Å²) in [4.78, 5) is 12.1. The van der Waals surface area contributed by atoms with Crippen LogP contribution in [-0.4, -0.2) is 25.3 Å². The van der Waals surface area contributed by atoms with Crippen molar-refractivity contribution in [1.82, 2.24) is 25.3 Å². The maximum atomic E-state index is 6.05. The lowest BCUT2D eigenvalue weighted by Gasteiger charge is -2.01. The number of nitrogens with zero attached hydrogens (tertiary/aromatic N) is 4. The predicted octanol–water partition coefficient (Wildman–Crippen LogP) is 2.91. The van der Waals surface area contributed by atoms with Crippen molar-refractivity contribution in [2.24, 2.45) is 0 Å².